The van der Waals surface area contributed by atoms with Crippen LogP contribution >= 0.6 is 0 Å². The Labute approximate surface area is 107 Å². The second-order valence-electron chi connectivity index (χ2n) is 5.30. The van der Waals surface area contributed by atoms with Crippen LogP contribution in [0.25, 0.3) is 0 Å². The lowest BCUT2D eigenvalue weighted by Crippen LogP contribution is -2.36. The first kappa shape index (κ1) is 13.5. The number of hydrogen-bond donors (Lipinski definition) is 2. The molecule has 0 saturated heterocycles. The quantitative estimate of drug-likeness (QED) is 0.805. The molecule has 102 valence electrons. The molecule has 0 radical (unpaired) electrons. The molecule has 2 rings (SSSR count). The molecule has 0 aliphatic heterocycles. The first-order valence-corrected chi connectivity index (χ1v) is 6.32. The van der Waals surface area contributed by atoms with Crippen molar-refractivity contribution in [3.8, 4) is 0 Å². The van der Waals surface area contributed by atoms with Gasteiger partial charge in [0.2, 0.25) is 11.7 Å². The van der Waals surface area contributed by atoms with E-state index >= 15 is 0 Å². The molecule has 3 N–H and O–H groups in total. The number of nitrogens with two attached hydrogens (primary N) is 1. The summed E-state index contributed by atoms with van der Waals surface area (Å²) >= 11 is 0. The molecule has 1 aromatic heterocycles. The van der Waals surface area contributed by atoms with E-state index in [1.54, 1.807) is 14.0 Å². The number of ether oxygens (including phenoxy) is 1. The lowest BCUT2D eigenvalue weighted by atomic mass is 10.0. The number of methoxy groups -OCH3 is 1. The molecule has 6 heteroatoms. The molecular formula is C12H21N3O3. The molecule has 1 aliphatic carbocycles. The highest BCUT2D eigenvalue weighted by atomic mass is 16.5. The number of aromatic nitrogens is 2. The van der Waals surface area contributed by atoms with E-state index in [0.717, 1.165) is 25.7 Å². The van der Waals surface area contributed by atoms with E-state index < -0.39 is 11.2 Å². The topological polar surface area (TPSA) is 94.4 Å². The van der Waals surface area contributed by atoms with Gasteiger partial charge in [-0.1, -0.05) is 5.16 Å². The fourth-order valence-electron chi connectivity index (χ4n) is 2.37. The minimum absolute atomic E-state index is 0.153. The minimum atomic E-state index is -1.01. The molecule has 1 aliphatic rings. The van der Waals surface area contributed by atoms with Crippen LogP contribution < -0.4 is 5.73 Å². The van der Waals surface area contributed by atoms with Gasteiger partial charge in [-0.15, -0.1) is 0 Å². The van der Waals surface area contributed by atoms with E-state index in [-0.39, 0.29) is 13.0 Å². The third-order valence-corrected chi connectivity index (χ3v) is 3.65. The molecule has 0 spiro atoms. The van der Waals surface area contributed by atoms with E-state index in [9.17, 15) is 5.11 Å². The van der Waals surface area contributed by atoms with Gasteiger partial charge in [0.25, 0.3) is 0 Å². The van der Waals surface area contributed by atoms with Crippen LogP contribution in [0.5, 0.6) is 0 Å². The predicted octanol–water partition coefficient (Wildman–Crippen LogP) is 0.737. The van der Waals surface area contributed by atoms with Gasteiger partial charge in [-0.2, -0.15) is 4.98 Å². The second-order valence-corrected chi connectivity index (χ2v) is 5.30. The summed E-state index contributed by atoms with van der Waals surface area (Å²) in [5, 5.41) is 13.9. The summed E-state index contributed by atoms with van der Waals surface area (Å²) in [7, 11) is 1.68. The van der Waals surface area contributed by atoms with Crippen molar-refractivity contribution in [2.45, 2.75) is 50.2 Å². The summed E-state index contributed by atoms with van der Waals surface area (Å²) in [4.78, 5) is 4.35. The third-order valence-electron chi connectivity index (χ3n) is 3.65. The van der Waals surface area contributed by atoms with E-state index in [0.29, 0.717) is 11.7 Å². The highest BCUT2D eigenvalue weighted by molar-refractivity contribution is 5.05. The molecule has 18 heavy (non-hydrogen) atoms. The summed E-state index contributed by atoms with van der Waals surface area (Å²) in [5.41, 5.74) is 4.05. The van der Waals surface area contributed by atoms with Gasteiger partial charge >= 0.3 is 0 Å². The average molecular weight is 255 g/mol. The summed E-state index contributed by atoms with van der Waals surface area (Å²) in [6.45, 7) is 1.80. The van der Waals surface area contributed by atoms with Gasteiger partial charge < -0.3 is 20.1 Å². The number of aliphatic hydroxyl groups is 1. The van der Waals surface area contributed by atoms with Gasteiger partial charge in [0.05, 0.1) is 12.0 Å². The van der Waals surface area contributed by atoms with Gasteiger partial charge in [-0.05, 0) is 32.6 Å². The molecule has 1 aromatic rings. The number of nitrogens with zero attached hydrogens (tertiary/aromatic N) is 2. The Bertz CT molecular complexity index is 397. The largest absolute Gasteiger partial charge is 0.388 e. The maximum atomic E-state index is 9.89. The van der Waals surface area contributed by atoms with Crippen molar-refractivity contribution in [3.05, 3.63) is 11.7 Å². The van der Waals surface area contributed by atoms with Crippen LogP contribution in [0.1, 0.15) is 44.3 Å². The van der Waals surface area contributed by atoms with E-state index in [2.05, 4.69) is 10.1 Å². The molecule has 1 saturated carbocycles. The molecular weight excluding hydrogens is 234 g/mol. The van der Waals surface area contributed by atoms with Gasteiger partial charge in [0, 0.05) is 13.7 Å². The van der Waals surface area contributed by atoms with Crippen molar-refractivity contribution < 1.29 is 14.4 Å². The SMILES string of the molecule is COC1(c2noc(CC(C)(O)CN)n2)CCCC1. The summed E-state index contributed by atoms with van der Waals surface area (Å²) in [6.07, 6.45) is 4.30. The minimum Gasteiger partial charge on any atom is -0.388 e. The zero-order valence-corrected chi connectivity index (χ0v) is 11.0. The van der Waals surface area contributed by atoms with Crippen LogP contribution in [-0.4, -0.2) is 34.5 Å². The maximum Gasteiger partial charge on any atom is 0.229 e. The van der Waals surface area contributed by atoms with Gasteiger partial charge in [0.1, 0.15) is 5.60 Å². The van der Waals surface area contributed by atoms with Crippen LogP contribution in [0.15, 0.2) is 4.52 Å². The molecule has 0 amide bonds. The van der Waals surface area contributed by atoms with Crippen LogP contribution in [0, 0.1) is 0 Å². The van der Waals surface area contributed by atoms with Crippen molar-refractivity contribution >= 4 is 0 Å². The van der Waals surface area contributed by atoms with Gasteiger partial charge in [-0.25, -0.2) is 0 Å². The first-order valence-electron chi connectivity index (χ1n) is 6.32. The zero-order valence-electron chi connectivity index (χ0n) is 11.0. The second kappa shape index (κ2) is 4.95. The predicted molar refractivity (Wildman–Crippen MR) is 64.8 cm³/mol. The zero-order chi connectivity index (χ0) is 13.2. The van der Waals surface area contributed by atoms with Crippen LogP contribution in [0.4, 0.5) is 0 Å². The van der Waals surface area contributed by atoms with Crippen molar-refractivity contribution in [1.82, 2.24) is 10.1 Å². The van der Waals surface area contributed by atoms with E-state index in [1.165, 1.54) is 0 Å². The monoisotopic (exact) mass is 255 g/mol. The summed E-state index contributed by atoms with van der Waals surface area (Å²) < 4.78 is 10.8. The number of rotatable bonds is 5. The fraction of sp³-hybridized carbons (Fsp3) is 0.833. The van der Waals surface area contributed by atoms with Crippen LogP contribution in [0.2, 0.25) is 0 Å². The Hall–Kier alpha value is -0.980. The highest BCUT2D eigenvalue weighted by Gasteiger charge is 2.40. The Morgan fingerprint density at radius 3 is 2.72 bits per heavy atom. The Balaban J connectivity index is 2.15. The number of hydrogen-bond acceptors (Lipinski definition) is 6. The molecule has 1 unspecified atom stereocenters. The summed E-state index contributed by atoms with van der Waals surface area (Å²) in [6, 6.07) is 0. The lowest BCUT2D eigenvalue weighted by molar-refractivity contribution is -0.0178. The highest BCUT2D eigenvalue weighted by Crippen LogP contribution is 2.40. The average Bonchev–Trinajstić information content (AvgIpc) is 2.97. The smallest absolute Gasteiger partial charge is 0.229 e. The van der Waals surface area contributed by atoms with Crippen molar-refractivity contribution in [2.24, 2.45) is 5.73 Å². The molecule has 0 bridgehead atoms. The Kier molecular flexibility index (Phi) is 3.70. The Morgan fingerprint density at radius 2 is 2.17 bits per heavy atom. The fourth-order valence-corrected chi connectivity index (χ4v) is 2.37. The van der Waals surface area contributed by atoms with Crippen molar-refractivity contribution in [1.29, 1.82) is 0 Å². The molecule has 1 heterocycles. The van der Waals surface area contributed by atoms with Crippen molar-refractivity contribution in [2.75, 3.05) is 13.7 Å². The Morgan fingerprint density at radius 1 is 1.50 bits per heavy atom. The molecule has 1 fully saturated rings. The van der Waals surface area contributed by atoms with Crippen LogP contribution in [-0.2, 0) is 16.8 Å². The maximum absolute atomic E-state index is 9.89. The van der Waals surface area contributed by atoms with Gasteiger partial charge in [0.15, 0.2) is 0 Å². The molecule has 6 nitrogen and oxygen atoms in total. The van der Waals surface area contributed by atoms with Crippen molar-refractivity contribution in [3.63, 3.8) is 0 Å². The normalized spacial score (nSPS) is 22.0. The third kappa shape index (κ3) is 2.55. The van der Waals surface area contributed by atoms with E-state index in [4.69, 9.17) is 15.0 Å². The summed E-state index contributed by atoms with van der Waals surface area (Å²) in [5.74, 6) is 0.995. The standard InChI is InChI=1S/C12H21N3O3/c1-11(16,8-13)7-9-14-10(15-18-9)12(17-2)5-3-4-6-12/h16H,3-8,13H2,1-2H3. The molecule has 0 aromatic carbocycles. The first-order chi connectivity index (χ1) is 8.51. The van der Waals surface area contributed by atoms with Gasteiger partial charge in [-0.3, -0.25) is 0 Å². The van der Waals surface area contributed by atoms with E-state index in [1.807, 2.05) is 0 Å². The molecule has 1 atom stereocenters. The lowest BCUT2D eigenvalue weighted by Gasteiger charge is -2.22. The van der Waals surface area contributed by atoms with Crippen LogP contribution in [0.3, 0.4) is 0 Å².